The second-order valence-electron chi connectivity index (χ2n) is 6.47. The Bertz CT molecular complexity index is 1200. The molecule has 2 nitrogen and oxygen atoms in total. The van der Waals surface area contributed by atoms with Crippen LogP contribution in [0.15, 0.2) is 84.3 Å². The Balaban J connectivity index is 1.78. The highest BCUT2D eigenvalue weighted by molar-refractivity contribution is 7.93. The molecule has 0 saturated carbocycles. The summed E-state index contributed by atoms with van der Waals surface area (Å²) in [5, 5.41) is 6.16. The molecule has 4 heteroatoms. The highest BCUT2D eigenvalue weighted by Gasteiger charge is 2.10. The summed E-state index contributed by atoms with van der Waals surface area (Å²) in [5.74, 6) is -0.0522. The quantitative estimate of drug-likeness (QED) is 0.385. The van der Waals surface area contributed by atoms with Crippen molar-refractivity contribution < 1.29 is 8.42 Å². The van der Waals surface area contributed by atoms with Crippen LogP contribution in [0.1, 0.15) is 11.1 Å². The molecule has 0 aliphatic carbocycles. The van der Waals surface area contributed by atoms with Gasteiger partial charge in [-0.05, 0) is 56.9 Å². The molecule has 0 radical (unpaired) electrons. The van der Waals surface area contributed by atoms with E-state index in [2.05, 4.69) is 6.07 Å². The molecule has 0 aliphatic heterocycles. The molecule has 4 rings (SSSR count). The molecule has 0 aliphatic rings. The lowest BCUT2D eigenvalue weighted by Crippen LogP contribution is -1.99. The Hall–Kier alpha value is -2.62. The minimum Gasteiger partial charge on any atom is -0.224 e. The fourth-order valence-corrected chi connectivity index (χ4v) is 4.48. The van der Waals surface area contributed by atoms with Crippen molar-refractivity contribution in [2.75, 3.05) is 0 Å². The number of sulfone groups is 1. The molecule has 4 aromatic carbocycles. The predicted octanol–water partition coefficient (Wildman–Crippen LogP) is 6.23. The molecular weight excluding hydrogens is 376 g/mol. The van der Waals surface area contributed by atoms with Crippen molar-refractivity contribution in [3.63, 3.8) is 0 Å². The number of halogens is 1. The van der Waals surface area contributed by atoms with Crippen LogP contribution < -0.4 is 0 Å². The molecule has 0 bridgehead atoms. The SMILES string of the molecule is O=S(=O)(C=Cc1c2ccccc2cc2ccccc12)Cc1ccc(Cl)cc1. The minimum atomic E-state index is -3.41. The summed E-state index contributed by atoms with van der Waals surface area (Å²) in [6.07, 6.45) is 1.72. The van der Waals surface area contributed by atoms with E-state index in [-0.39, 0.29) is 5.75 Å². The zero-order chi connectivity index (χ0) is 18.9. The van der Waals surface area contributed by atoms with Crippen molar-refractivity contribution in [1.29, 1.82) is 0 Å². The second kappa shape index (κ2) is 7.18. The van der Waals surface area contributed by atoms with Crippen LogP contribution in [-0.2, 0) is 15.6 Å². The predicted molar refractivity (Wildman–Crippen MR) is 115 cm³/mol. The van der Waals surface area contributed by atoms with E-state index in [9.17, 15) is 8.42 Å². The number of hydrogen-bond donors (Lipinski definition) is 0. The van der Waals surface area contributed by atoms with Crippen LogP contribution in [0.5, 0.6) is 0 Å². The summed E-state index contributed by atoms with van der Waals surface area (Å²) in [6.45, 7) is 0. The van der Waals surface area contributed by atoms with Crippen LogP contribution in [0.2, 0.25) is 5.02 Å². The summed E-state index contributed by atoms with van der Waals surface area (Å²) >= 11 is 5.87. The Morgan fingerprint density at radius 2 is 1.33 bits per heavy atom. The van der Waals surface area contributed by atoms with E-state index in [1.54, 1.807) is 30.3 Å². The highest BCUT2D eigenvalue weighted by Crippen LogP contribution is 2.29. The van der Waals surface area contributed by atoms with Gasteiger partial charge >= 0.3 is 0 Å². The van der Waals surface area contributed by atoms with Crippen LogP contribution in [0.4, 0.5) is 0 Å². The van der Waals surface area contributed by atoms with Crippen LogP contribution in [0, 0.1) is 0 Å². The first-order valence-electron chi connectivity index (χ1n) is 8.58. The van der Waals surface area contributed by atoms with Gasteiger partial charge in [0.1, 0.15) is 0 Å². The fraction of sp³-hybridized carbons (Fsp3) is 0.0435. The Kier molecular flexibility index (Phi) is 4.73. The van der Waals surface area contributed by atoms with Gasteiger partial charge in [-0.15, -0.1) is 0 Å². The average molecular weight is 393 g/mol. The van der Waals surface area contributed by atoms with Crippen molar-refractivity contribution >= 4 is 49.1 Å². The van der Waals surface area contributed by atoms with Crippen LogP contribution >= 0.6 is 11.6 Å². The zero-order valence-corrected chi connectivity index (χ0v) is 16.0. The van der Waals surface area contributed by atoms with Gasteiger partial charge in [-0.1, -0.05) is 72.3 Å². The van der Waals surface area contributed by atoms with Crippen molar-refractivity contribution in [1.82, 2.24) is 0 Å². The summed E-state index contributed by atoms with van der Waals surface area (Å²) in [6, 6.07) is 25.1. The molecular formula is C23H17ClO2S. The summed E-state index contributed by atoms with van der Waals surface area (Å²) in [4.78, 5) is 0. The van der Waals surface area contributed by atoms with Gasteiger partial charge in [-0.2, -0.15) is 0 Å². The molecule has 0 atom stereocenters. The topological polar surface area (TPSA) is 34.1 Å². The first kappa shape index (κ1) is 17.8. The third-order valence-electron chi connectivity index (χ3n) is 4.54. The van der Waals surface area contributed by atoms with E-state index in [0.29, 0.717) is 10.6 Å². The summed E-state index contributed by atoms with van der Waals surface area (Å²) in [7, 11) is -3.41. The fourth-order valence-electron chi connectivity index (χ4n) is 3.26. The zero-order valence-electron chi connectivity index (χ0n) is 14.5. The monoisotopic (exact) mass is 392 g/mol. The Labute approximate surface area is 163 Å². The third kappa shape index (κ3) is 3.90. The maximum absolute atomic E-state index is 12.6. The lowest BCUT2D eigenvalue weighted by Gasteiger charge is -2.08. The molecule has 0 aromatic heterocycles. The molecule has 27 heavy (non-hydrogen) atoms. The average Bonchev–Trinajstić information content (AvgIpc) is 2.67. The van der Waals surface area contributed by atoms with Crippen LogP contribution in [0.25, 0.3) is 27.6 Å². The van der Waals surface area contributed by atoms with Gasteiger partial charge in [0.25, 0.3) is 0 Å². The largest absolute Gasteiger partial charge is 0.224 e. The molecule has 0 amide bonds. The van der Waals surface area contributed by atoms with Crippen molar-refractivity contribution in [2.24, 2.45) is 0 Å². The molecule has 134 valence electrons. The van der Waals surface area contributed by atoms with Crippen molar-refractivity contribution in [3.05, 3.63) is 100 Å². The lowest BCUT2D eigenvalue weighted by molar-refractivity contribution is 0.604. The Morgan fingerprint density at radius 1 is 0.778 bits per heavy atom. The summed E-state index contributed by atoms with van der Waals surface area (Å²) in [5.41, 5.74) is 1.63. The van der Waals surface area contributed by atoms with E-state index >= 15 is 0 Å². The minimum absolute atomic E-state index is 0.0522. The molecule has 0 N–H and O–H groups in total. The van der Waals surface area contributed by atoms with Gasteiger partial charge in [-0.3, -0.25) is 0 Å². The molecule has 0 fully saturated rings. The normalized spacial score (nSPS) is 12.2. The van der Waals surface area contributed by atoms with E-state index in [1.165, 1.54) is 5.41 Å². The molecule has 0 spiro atoms. The van der Waals surface area contributed by atoms with Crippen LogP contribution in [0.3, 0.4) is 0 Å². The molecule has 4 aromatic rings. The van der Waals surface area contributed by atoms with Gasteiger partial charge < -0.3 is 0 Å². The van der Waals surface area contributed by atoms with E-state index in [1.807, 2.05) is 48.5 Å². The van der Waals surface area contributed by atoms with Crippen LogP contribution in [-0.4, -0.2) is 8.42 Å². The van der Waals surface area contributed by atoms with Crippen molar-refractivity contribution in [2.45, 2.75) is 5.75 Å². The number of fused-ring (bicyclic) bond motifs is 2. The number of rotatable bonds is 4. The molecule has 0 saturated heterocycles. The lowest BCUT2D eigenvalue weighted by atomic mass is 9.97. The first-order chi connectivity index (χ1) is 13.0. The highest BCUT2D eigenvalue weighted by atomic mass is 35.5. The third-order valence-corrected chi connectivity index (χ3v) is 6.07. The van der Waals surface area contributed by atoms with Gasteiger partial charge in [0.15, 0.2) is 9.84 Å². The first-order valence-corrected chi connectivity index (χ1v) is 10.7. The van der Waals surface area contributed by atoms with E-state index in [0.717, 1.165) is 27.1 Å². The number of hydrogen-bond acceptors (Lipinski definition) is 2. The second-order valence-corrected chi connectivity index (χ2v) is 8.79. The van der Waals surface area contributed by atoms with Gasteiger partial charge in [0, 0.05) is 10.4 Å². The maximum atomic E-state index is 12.6. The Morgan fingerprint density at radius 3 is 1.93 bits per heavy atom. The standard InChI is InChI=1S/C23H17ClO2S/c24-20-11-9-17(10-12-20)16-27(25,26)14-13-23-21-7-3-1-5-18(21)15-19-6-2-4-8-22(19)23/h1-15H,16H2. The van der Waals surface area contributed by atoms with Gasteiger partial charge in [0.05, 0.1) is 5.75 Å². The van der Waals surface area contributed by atoms with Gasteiger partial charge in [-0.25, -0.2) is 8.42 Å². The number of benzene rings is 4. The van der Waals surface area contributed by atoms with E-state index < -0.39 is 9.84 Å². The smallest absolute Gasteiger partial charge is 0.175 e. The molecule has 0 unspecified atom stereocenters. The summed E-state index contributed by atoms with van der Waals surface area (Å²) < 4.78 is 25.2. The van der Waals surface area contributed by atoms with E-state index in [4.69, 9.17) is 11.6 Å². The van der Waals surface area contributed by atoms with Gasteiger partial charge in [0.2, 0.25) is 0 Å². The molecule has 0 heterocycles. The van der Waals surface area contributed by atoms with Crippen molar-refractivity contribution in [3.8, 4) is 0 Å². The maximum Gasteiger partial charge on any atom is 0.175 e.